The minimum Gasteiger partial charge on any atom is -0.493 e. The Kier molecular flexibility index (Phi) is 5.47. The number of carbonyl (C=O) groups excluding carboxylic acids is 1. The van der Waals surface area contributed by atoms with Gasteiger partial charge in [0.1, 0.15) is 19.0 Å². The molecule has 0 bridgehead atoms. The second kappa shape index (κ2) is 8.52. The van der Waals surface area contributed by atoms with Gasteiger partial charge in [0.15, 0.2) is 11.5 Å². The number of ether oxygens (including phenoxy) is 3. The first-order valence-electron chi connectivity index (χ1n) is 9.36. The van der Waals surface area contributed by atoms with Gasteiger partial charge in [0, 0.05) is 16.8 Å². The molecule has 0 radical (unpaired) electrons. The Morgan fingerprint density at radius 1 is 0.862 bits per heavy atom. The number of rotatable bonds is 7. The summed E-state index contributed by atoms with van der Waals surface area (Å²) in [6, 6.07) is 22.8. The fourth-order valence-corrected chi connectivity index (χ4v) is 3.17. The molecule has 0 aliphatic carbocycles. The third-order valence-electron chi connectivity index (χ3n) is 4.56. The number of fused-ring (bicyclic) bond motifs is 1. The van der Waals surface area contributed by atoms with Gasteiger partial charge in [-0.15, -0.1) is 0 Å². The zero-order valence-corrected chi connectivity index (χ0v) is 16.1. The van der Waals surface area contributed by atoms with Crippen molar-refractivity contribution in [1.29, 1.82) is 0 Å². The first-order valence-corrected chi connectivity index (χ1v) is 9.36. The molecule has 5 heteroatoms. The Morgan fingerprint density at radius 3 is 2.45 bits per heavy atom. The van der Waals surface area contributed by atoms with Gasteiger partial charge in [0.05, 0.1) is 7.11 Å². The van der Waals surface area contributed by atoms with Crippen molar-refractivity contribution >= 4 is 23.2 Å². The molecule has 5 nitrogen and oxygen atoms in total. The van der Waals surface area contributed by atoms with Crippen LogP contribution in [0, 0.1) is 0 Å². The van der Waals surface area contributed by atoms with Gasteiger partial charge in [-0.05, 0) is 42.0 Å². The van der Waals surface area contributed by atoms with E-state index in [1.165, 1.54) is 0 Å². The number of anilines is 1. The molecule has 3 aromatic carbocycles. The molecular weight excluding hydrogens is 366 g/mol. The lowest BCUT2D eigenvalue weighted by atomic mass is 10.0. The number of nitrogens with one attached hydrogen (secondary N) is 1. The van der Waals surface area contributed by atoms with Crippen LogP contribution in [0.3, 0.4) is 0 Å². The second-order valence-electron chi connectivity index (χ2n) is 6.48. The van der Waals surface area contributed by atoms with Crippen LogP contribution in [-0.2, 0) is 4.79 Å². The molecule has 146 valence electrons. The summed E-state index contributed by atoms with van der Waals surface area (Å²) in [5, 5.41) is 2.88. The Hall–Kier alpha value is -3.73. The van der Waals surface area contributed by atoms with Crippen molar-refractivity contribution in [3.63, 3.8) is 0 Å². The predicted octanol–water partition coefficient (Wildman–Crippen LogP) is 4.65. The Labute approximate surface area is 169 Å². The van der Waals surface area contributed by atoms with E-state index >= 15 is 0 Å². The number of carbonyl (C=O) groups is 1. The normalized spacial score (nSPS) is 13.7. The number of hydrogen-bond acceptors (Lipinski definition) is 4. The Morgan fingerprint density at radius 2 is 1.62 bits per heavy atom. The lowest BCUT2D eigenvalue weighted by Crippen LogP contribution is -2.09. The van der Waals surface area contributed by atoms with Crippen LogP contribution in [-0.4, -0.2) is 26.2 Å². The van der Waals surface area contributed by atoms with Gasteiger partial charge >= 0.3 is 0 Å². The maximum absolute atomic E-state index is 12.3. The zero-order valence-electron chi connectivity index (χ0n) is 16.1. The minimum absolute atomic E-state index is 0.108. The highest BCUT2D eigenvalue weighted by Crippen LogP contribution is 2.34. The molecule has 0 unspecified atom stereocenters. The standard InChI is InChI=1S/C24H21NO4/c1-27-23-16-17(15-20-19-9-5-6-10-21(19)25-24(20)26)11-12-22(23)29-14-13-28-18-7-3-2-4-8-18/h2-12,15-16H,13-14H2,1H3,(H,25,26)/b20-15+. The van der Waals surface area contributed by atoms with Gasteiger partial charge in [0.2, 0.25) is 0 Å². The lowest BCUT2D eigenvalue weighted by Gasteiger charge is -2.12. The highest BCUT2D eigenvalue weighted by molar-refractivity contribution is 6.34. The quantitative estimate of drug-likeness (QED) is 0.474. The summed E-state index contributed by atoms with van der Waals surface area (Å²) in [5.74, 6) is 1.93. The van der Waals surface area contributed by atoms with E-state index in [0.29, 0.717) is 30.3 Å². The molecule has 3 aromatic rings. The van der Waals surface area contributed by atoms with Crippen molar-refractivity contribution in [2.45, 2.75) is 0 Å². The molecule has 4 rings (SSSR count). The summed E-state index contributed by atoms with van der Waals surface area (Å²) in [5.41, 5.74) is 3.22. The first kappa shape index (κ1) is 18.6. The fraction of sp³-hybridized carbons (Fsp3) is 0.125. The molecule has 0 saturated carbocycles. The SMILES string of the molecule is COc1cc(/C=C2/C(=O)Nc3ccccc32)ccc1OCCOc1ccccc1. The van der Waals surface area contributed by atoms with Crippen molar-refractivity contribution in [2.75, 3.05) is 25.6 Å². The predicted molar refractivity (Wildman–Crippen MR) is 113 cm³/mol. The van der Waals surface area contributed by atoms with Gasteiger partial charge in [-0.1, -0.05) is 42.5 Å². The molecule has 1 aliphatic heterocycles. The maximum Gasteiger partial charge on any atom is 0.256 e. The van der Waals surface area contributed by atoms with E-state index < -0.39 is 0 Å². The lowest BCUT2D eigenvalue weighted by molar-refractivity contribution is -0.110. The Bertz CT molecular complexity index is 1040. The van der Waals surface area contributed by atoms with Gasteiger partial charge in [-0.2, -0.15) is 0 Å². The summed E-state index contributed by atoms with van der Waals surface area (Å²) in [6.07, 6.45) is 1.85. The number of amides is 1. The van der Waals surface area contributed by atoms with Gasteiger partial charge < -0.3 is 19.5 Å². The summed E-state index contributed by atoms with van der Waals surface area (Å²) in [6.45, 7) is 0.817. The number of methoxy groups -OCH3 is 1. The molecule has 1 N–H and O–H groups in total. The minimum atomic E-state index is -0.108. The molecule has 0 atom stereocenters. The van der Waals surface area contributed by atoms with Crippen LogP contribution in [0.2, 0.25) is 0 Å². The molecule has 0 aromatic heterocycles. The summed E-state index contributed by atoms with van der Waals surface area (Å²) in [7, 11) is 1.59. The number of para-hydroxylation sites is 2. The van der Waals surface area contributed by atoms with Crippen molar-refractivity contribution < 1.29 is 19.0 Å². The zero-order chi connectivity index (χ0) is 20.1. The number of hydrogen-bond donors (Lipinski definition) is 1. The number of benzene rings is 3. The fourth-order valence-electron chi connectivity index (χ4n) is 3.17. The van der Waals surface area contributed by atoms with Crippen LogP contribution in [0.5, 0.6) is 17.2 Å². The van der Waals surface area contributed by atoms with Crippen LogP contribution < -0.4 is 19.5 Å². The Balaban J connectivity index is 1.45. The van der Waals surface area contributed by atoms with E-state index in [4.69, 9.17) is 14.2 Å². The average molecular weight is 387 g/mol. The summed E-state index contributed by atoms with van der Waals surface area (Å²) >= 11 is 0. The van der Waals surface area contributed by atoms with Gasteiger partial charge in [-0.3, -0.25) is 4.79 Å². The second-order valence-corrected chi connectivity index (χ2v) is 6.48. The van der Waals surface area contributed by atoms with Crippen molar-refractivity contribution in [1.82, 2.24) is 0 Å². The van der Waals surface area contributed by atoms with Crippen molar-refractivity contribution in [3.8, 4) is 17.2 Å². The molecule has 1 amide bonds. The molecular formula is C24H21NO4. The average Bonchev–Trinajstić information content (AvgIpc) is 3.07. The van der Waals surface area contributed by atoms with E-state index in [9.17, 15) is 4.79 Å². The maximum atomic E-state index is 12.3. The molecule has 29 heavy (non-hydrogen) atoms. The van der Waals surface area contributed by atoms with Crippen LogP contribution in [0.4, 0.5) is 5.69 Å². The van der Waals surface area contributed by atoms with Gasteiger partial charge in [0.25, 0.3) is 5.91 Å². The van der Waals surface area contributed by atoms with E-state index in [1.807, 2.05) is 78.9 Å². The van der Waals surface area contributed by atoms with Crippen LogP contribution >= 0.6 is 0 Å². The molecule has 1 heterocycles. The molecule has 0 spiro atoms. The van der Waals surface area contributed by atoms with Crippen molar-refractivity contribution in [2.24, 2.45) is 0 Å². The van der Waals surface area contributed by atoms with Crippen molar-refractivity contribution in [3.05, 3.63) is 83.9 Å². The molecule has 1 aliphatic rings. The smallest absolute Gasteiger partial charge is 0.256 e. The van der Waals surface area contributed by atoms with E-state index in [-0.39, 0.29) is 5.91 Å². The first-order chi connectivity index (χ1) is 14.2. The molecule has 0 fully saturated rings. The third-order valence-corrected chi connectivity index (χ3v) is 4.56. The van der Waals surface area contributed by atoms with Gasteiger partial charge in [-0.25, -0.2) is 0 Å². The van der Waals surface area contributed by atoms with Crippen LogP contribution in [0.25, 0.3) is 11.6 Å². The highest BCUT2D eigenvalue weighted by atomic mass is 16.5. The monoisotopic (exact) mass is 387 g/mol. The van der Waals surface area contributed by atoms with E-state index in [1.54, 1.807) is 7.11 Å². The van der Waals surface area contributed by atoms with E-state index in [2.05, 4.69) is 5.32 Å². The summed E-state index contributed by atoms with van der Waals surface area (Å²) in [4.78, 5) is 12.3. The van der Waals surface area contributed by atoms with Crippen LogP contribution in [0.15, 0.2) is 72.8 Å². The highest BCUT2D eigenvalue weighted by Gasteiger charge is 2.23. The third kappa shape index (κ3) is 4.24. The topological polar surface area (TPSA) is 56.8 Å². The summed E-state index contributed by atoms with van der Waals surface area (Å²) < 4.78 is 16.9. The van der Waals surface area contributed by atoms with E-state index in [0.717, 1.165) is 22.6 Å². The largest absolute Gasteiger partial charge is 0.493 e. The van der Waals surface area contributed by atoms with Crippen LogP contribution in [0.1, 0.15) is 11.1 Å². The molecule has 0 saturated heterocycles.